The van der Waals surface area contributed by atoms with Crippen molar-refractivity contribution in [3.63, 3.8) is 0 Å². The van der Waals surface area contributed by atoms with Crippen molar-refractivity contribution in [2.75, 3.05) is 5.75 Å². The van der Waals surface area contributed by atoms with Crippen LogP contribution in [0.15, 0.2) is 0 Å². The van der Waals surface area contributed by atoms with Crippen LogP contribution in [-0.4, -0.2) is 20.2 Å². The Bertz CT molecular complexity index is 441. The summed E-state index contributed by atoms with van der Waals surface area (Å²) in [5.41, 5.74) is 0.390. The summed E-state index contributed by atoms with van der Waals surface area (Å²) in [6.45, 7) is 11.0. The van der Waals surface area contributed by atoms with Gasteiger partial charge in [0.25, 0.3) is 0 Å². The number of rotatable bonds is 5. The van der Waals surface area contributed by atoms with Gasteiger partial charge in [0.15, 0.2) is 0 Å². The predicted octanol–water partition coefficient (Wildman–Crippen LogP) is 3.17. The molecule has 112 valence electrons. The molecule has 3 atom stereocenters. The highest BCUT2D eigenvalue weighted by Crippen LogP contribution is 2.65. The van der Waals surface area contributed by atoms with Gasteiger partial charge in [-0.25, -0.2) is 13.1 Å². The molecule has 3 nitrogen and oxygen atoms in total. The van der Waals surface area contributed by atoms with E-state index >= 15 is 0 Å². The second kappa shape index (κ2) is 4.73. The van der Waals surface area contributed by atoms with E-state index < -0.39 is 10.0 Å². The number of hydrogen-bond acceptors (Lipinski definition) is 2. The largest absolute Gasteiger partial charge is 0.212 e. The molecule has 2 fully saturated rings. The van der Waals surface area contributed by atoms with Crippen molar-refractivity contribution in [3.05, 3.63) is 0 Å². The van der Waals surface area contributed by atoms with E-state index in [-0.39, 0.29) is 22.6 Å². The van der Waals surface area contributed by atoms with Gasteiger partial charge in [-0.05, 0) is 48.3 Å². The zero-order chi connectivity index (χ0) is 14.5. The zero-order valence-corrected chi connectivity index (χ0v) is 13.8. The first kappa shape index (κ1) is 15.3. The lowest BCUT2D eigenvalue weighted by molar-refractivity contribution is 0.130. The first-order valence-electron chi connectivity index (χ1n) is 7.58. The molecule has 0 saturated heterocycles. The Labute approximate surface area is 118 Å². The average Bonchev–Trinajstić information content (AvgIpc) is 2.59. The second-order valence-electron chi connectivity index (χ2n) is 7.78. The van der Waals surface area contributed by atoms with Crippen LogP contribution in [0.25, 0.3) is 0 Å². The van der Waals surface area contributed by atoms with Gasteiger partial charge in [0.2, 0.25) is 10.0 Å². The normalized spacial score (nSPS) is 37.2. The summed E-state index contributed by atoms with van der Waals surface area (Å²) in [6.07, 6.45) is 4.17. The average molecular weight is 287 g/mol. The minimum absolute atomic E-state index is 0.128. The van der Waals surface area contributed by atoms with Crippen LogP contribution in [0.4, 0.5) is 0 Å². The van der Waals surface area contributed by atoms with E-state index in [0.717, 1.165) is 19.3 Å². The highest BCUT2D eigenvalue weighted by molar-refractivity contribution is 7.89. The van der Waals surface area contributed by atoms with Crippen molar-refractivity contribution in [3.8, 4) is 0 Å². The Morgan fingerprint density at radius 1 is 1.26 bits per heavy atom. The third-order valence-electron chi connectivity index (χ3n) is 6.08. The summed E-state index contributed by atoms with van der Waals surface area (Å²) in [6, 6.07) is 0.137. The van der Waals surface area contributed by atoms with Gasteiger partial charge < -0.3 is 0 Å². The van der Waals surface area contributed by atoms with Crippen molar-refractivity contribution in [1.82, 2.24) is 4.72 Å². The smallest absolute Gasteiger partial charge is 0.211 e. The second-order valence-corrected chi connectivity index (χ2v) is 9.66. The van der Waals surface area contributed by atoms with Gasteiger partial charge >= 0.3 is 0 Å². The molecule has 0 aliphatic heterocycles. The van der Waals surface area contributed by atoms with Gasteiger partial charge in [-0.15, -0.1) is 0 Å². The number of sulfonamides is 1. The van der Waals surface area contributed by atoms with Crippen molar-refractivity contribution in [1.29, 1.82) is 0 Å². The SMILES string of the molecule is CC(C)CCS(=O)(=O)NC1CC2CCC1(C)C2(C)C. The Kier molecular flexibility index (Phi) is 3.81. The van der Waals surface area contributed by atoms with Crippen LogP contribution in [-0.2, 0) is 10.0 Å². The lowest BCUT2D eigenvalue weighted by atomic mass is 9.69. The molecule has 2 bridgehead atoms. The minimum atomic E-state index is -3.12. The Hall–Kier alpha value is -0.0900. The summed E-state index contributed by atoms with van der Waals surface area (Å²) in [4.78, 5) is 0. The van der Waals surface area contributed by atoms with Gasteiger partial charge in [-0.3, -0.25) is 0 Å². The quantitative estimate of drug-likeness (QED) is 0.844. The van der Waals surface area contributed by atoms with Crippen LogP contribution in [0.5, 0.6) is 0 Å². The molecule has 3 unspecified atom stereocenters. The van der Waals surface area contributed by atoms with Gasteiger partial charge in [-0.2, -0.15) is 0 Å². The van der Waals surface area contributed by atoms with E-state index in [1.54, 1.807) is 0 Å². The Balaban J connectivity index is 2.06. The number of fused-ring (bicyclic) bond motifs is 2. The molecule has 0 aromatic rings. The lowest BCUT2D eigenvalue weighted by Crippen LogP contribution is -2.47. The summed E-state index contributed by atoms with van der Waals surface area (Å²) in [7, 11) is -3.12. The Morgan fingerprint density at radius 3 is 2.32 bits per heavy atom. The molecular weight excluding hydrogens is 258 g/mol. The first-order valence-corrected chi connectivity index (χ1v) is 9.24. The fraction of sp³-hybridized carbons (Fsp3) is 1.00. The van der Waals surface area contributed by atoms with Crippen LogP contribution in [0.1, 0.15) is 60.3 Å². The fourth-order valence-electron chi connectivity index (χ4n) is 4.05. The van der Waals surface area contributed by atoms with Crippen molar-refractivity contribution < 1.29 is 8.42 Å². The molecule has 0 amide bonds. The molecule has 2 aliphatic rings. The number of hydrogen-bond donors (Lipinski definition) is 1. The highest BCUT2D eigenvalue weighted by Gasteiger charge is 2.61. The maximum Gasteiger partial charge on any atom is 0.211 e. The lowest BCUT2D eigenvalue weighted by Gasteiger charge is -2.39. The molecule has 2 aliphatic carbocycles. The molecular formula is C15H29NO2S. The summed E-state index contributed by atoms with van der Waals surface area (Å²) < 4.78 is 27.4. The third-order valence-corrected chi connectivity index (χ3v) is 7.50. The standard InChI is InChI=1S/C15H29NO2S/c1-11(2)7-9-19(17,18)16-13-10-12-6-8-15(13,5)14(12,3)4/h11-13,16H,6-10H2,1-5H3. The topological polar surface area (TPSA) is 46.2 Å². The van der Waals surface area contributed by atoms with Crippen LogP contribution < -0.4 is 4.72 Å². The maximum atomic E-state index is 12.2. The molecule has 0 radical (unpaired) electrons. The van der Waals surface area contributed by atoms with Gasteiger partial charge in [-0.1, -0.05) is 34.6 Å². The van der Waals surface area contributed by atoms with Crippen molar-refractivity contribution in [2.24, 2.45) is 22.7 Å². The van der Waals surface area contributed by atoms with E-state index in [1.165, 1.54) is 6.42 Å². The molecule has 0 spiro atoms. The summed E-state index contributed by atoms with van der Waals surface area (Å²) in [5.74, 6) is 1.38. The monoisotopic (exact) mass is 287 g/mol. The minimum Gasteiger partial charge on any atom is -0.212 e. The van der Waals surface area contributed by atoms with Crippen molar-refractivity contribution in [2.45, 2.75) is 66.3 Å². The van der Waals surface area contributed by atoms with Crippen LogP contribution in [0.2, 0.25) is 0 Å². The summed E-state index contributed by atoms with van der Waals surface area (Å²) in [5, 5.41) is 0. The molecule has 0 aromatic carbocycles. The zero-order valence-electron chi connectivity index (χ0n) is 13.0. The van der Waals surface area contributed by atoms with E-state index in [2.05, 4.69) is 39.3 Å². The van der Waals surface area contributed by atoms with Gasteiger partial charge in [0.05, 0.1) is 5.75 Å². The van der Waals surface area contributed by atoms with E-state index in [0.29, 0.717) is 11.8 Å². The highest BCUT2D eigenvalue weighted by atomic mass is 32.2. The van der Waals surface area contributed by atoms with Crippen LogP contribution in [0.3, 0.4) is 0 Å². The fourth-order valence-corrected chi connectivity index (χ4v) is 5.74. The molecule has 4 heteroatoms. The van der Waals surface area contributed by atoms with Crippen molar-refractivity contribution >= 4 is 10.0 Å². The maximum absolute atomic E-state index is 12.2. The third kappa shape index (κ3) is 2.58. The van der Waals surface area contributed by atoms with E-state index in [9.17, 15) is 8.42 Å². The molecule has 0 aromatic heterocycles. The molecule has 19 heavy (non-hydrogen) atoms. The van der Waals surface area contributed by atoms with Gasteiger partial charge in [0, 0.05) is 6.04 Å². The molecule has 2 saturated carbocycles. The molecule has 1 N–H and O–H groups in total. The predicted molar refractivity (Wildman–Crippen MR) is 79.4 cm³/mol. The summed E-state index contributed by atoms with van der Waals surface area (Å²) >= 11 is 0. The molecule has 2 rings (SSSR count). The first-order chi connectivity index (χ1) is 8.58. The van der Waals surface area contributed by atoms with E-state index in [1.807, 2.05) is 0 Å². The Morgan fingerprint density at radius 2 is 1.89 bits per heavy atom. The van der Waals surface area contributed by atoms with Crippen LogP contribution in [0, 0.1) is 22.7 Å². The molecule has 0 heterocycles. The number of nitrogens with one attached hydrogen (secondary N) is 1. The van der Waals surface area contributed by atoms with E-state index in [4.69, 9.17) is 0 Å². The van der Waals surface area contributed by atoms with Crippen LogP contribution >= 0.6 is 0 Å². The van der Waals surface area contributed by atoms with Gasteiger partial charge in [0.1, 0.15) is 0 Å².